The van der Waals surface area contributed by atoms with Crippen LogP contribution in [0.2, 0.25) is 0 Å². The highest BCUT2D eigenvalue weighted by Crippen LogP contribution is 2.25. The van der Waals surface area contributed by atoms with Crippen molar-refractivity contribution in [3.8, 4) is 11.3 Å². The number of aryl methyl sites for hydroxylation is 2. The number of aromatic nitrogens is 2. The maximum absolute atomic E-state index is 4.94. The van der Waals surface area contributed by atoms with Crippen molar-refractivity contribution < 1.29 is 0 Å². The molecule has 2 heterocycles. The van der Waals surface area contributed by atoms with Crippen LogP contribution in [0.3, 0.4) is 0 Å². The summed E-state index contributed by atoms with van der Waals surface area (Å²) < 4.78 is 0. The third-order valence-corrected chi connectivity index (χ3v) is 6.13. The molecule has 0 spiro atoms. The van der Waals surface area contributed by atoms with Gasteiger partial charge in [-0.3, -0.25) is 4.98 Å². The Morgan fingerprint density at radius 1 is 0.700 bits per heavy atom. The molecule has 4 heteroatoms. The molecule has 30 heavy (non-hydrogen) atoms. The van der Waals surface area contributed by atoms with Gasteiger partial charge in [0.25, 0.3) is 0 Å². The van der Waals surface area contributed by atoms with E-state index in [0.717, 1.165) is 43.3 Å². The summed E-state index contributed by atoms with van der Waals surface area (Å²) >= 11 is 0. The van der Waals surface area contributed by atoms with E-state index in [-0.39, 0.29) is 0 Å². The van der Waals surface area contributed by atoms with Crippen molar-refractivity contribution in [2.24, 2.45) is 0 Å². The van der Waals surface area contributed by atoms with Crippen LogP contribution in [0.5, 0.6) is 0 Å². The summed E-state index contributed by atoms with van der Waals surface area (Å²) in [4.78, 5) is 14.2. The zero-order valence-electron chi connectivity index (χ0n) is 17.5. The van der Waals surface area contributed by atoms with Gasteiger partial charge in [-0.1, -0.05) is 42.5 Å². The van der Waals surface area contributed by atoms with Crippen LogP contribution in [0.25, 0.3) is 22.0 Å². The second-order valence-electron chi connectivity index (χ2n) is 8.07. The van der Waals surface area contributed by atoms with Gasteiger partial charge in [0.15, 0.2) is 0 Å². The molecule has 1 fully saturated rings. The van der Waals surface area contributed by atoms with E-state index in [1.54, 1.807) is 0 Å². The van der Waals surface area contributed by atoms with Crippen LogP contribution in [-0.4, -0.2) is 36.1 Å². The number of rotatable bonds is 3. The van der Waals surface area contributed by atoms with Gasteiger partial charge in [0.2, 0.25) is 0 Å². The fourth-order valence-electron chi connectivity index (χ4n) is 4.11. The number of fused-ring (bicyclic) bond motifs is 1. The van der Waals surface area contributed by atoms with Crippen LogP contribution in [0.1, 0.15) is 11.1 Å². The minimum atomic E-state index is 0.926. The Morgan fingerprint density at radius 2 is 1.47 bits per heavy atom. The highest BCUT2D eigenvalue weighted by atomic mass is 15.3. The molecule has 0 radical (unpaired) electrons. The molecule has 0 unspecified atom stereocenters. The molecule has 150 valence electrons. The van der Waals surface area contributed by atoms with E-state index in [0.29, 0.717) is 0 Å². The molecule has 4 aromatic rings. The largest absolute Gasteiger partial charge is 0.368 e. The minimum Gasteiger partial charge on any atom is -0.368 e. The molecule has 3 aromatic carbocycles. The summed E-state index contributed by atoms with van der Waals surface area (Å²) in [5.41, 5.74) is 6.04. The number of piperazine rings is 1. The highest BCUT2D eigenvalue weighted by molar-refractivity contribution is 5.86. The molecule has 0 aliphatic carbocycles. The lowest BCUT2D eigenvalue weighted by atomic mass is 10.1. The predicted molar refractivity (Wildman–Crippen MR) is 125 cm³/mol. The van der Waals surface area contributed by atoms with Gasteiger partial charge in [0, 0.05) is 37.4 Å². The van der Waals surface area contributed by atoms with Gasteiger partial charge >= 0.3 is 0 Å². The molecule has 1 aliphatic rings. The number of hydrogen-bond acceptors (Lipinski definition) is 4. The van der Waals surface area contributed by atoms with Crippen molar-refractivity contribution >= 4 is 22.3 Å². The van der Waals surface area contributed by atoms with Gasteiger partial charge in [-0.2, -0.15) is 0 Å². The van der Waals surface area contributed by atoms with Crippen molar-refractivity contribution in [2.45, 2.75) is 13.8 Å². The molecule has 1 saturated heterocycles. The number of benzene rings is 3. The first kappa shape index (κ1) is 18.6. The van der Waals surface area contributed by atoms with Gasteiger partial charge < -0.3 is 9.80 Å². The lowest BCUT2D eigenvalue weighted by Gasteiger charge is -2.36. The topological polar surface area (TPSA) is 32.3 Å². The molecule has 4 nitrogen and oxygen atoms in total. The Bertz CT molecular complexity index is 1190. The van der Waals surface area contributed by atoms with Crippen LogP contribution >= 0.6 is 0 Å². The second-order valence-corrected chi connectivity index (χ2v) is 8.07. The van der Waals surface area contributed by atoms with Crippen LogP contribution in [-0.2, 0) is 0 Å². The van der Waals surface area contributed by atoms with Crippen molar-refractivity contribution in [1.82, 2.24) is 9.97 Å². The van der Waals surface area contributed by atoms with Gasteiger partial charge in [-0.15, -0.1) is 0 Å². The van der Waals surface area contributed by atoms with E-state index in [4.69, 9.17) is 4.98 Å². The maximum Gasteiger partial charge on any atom is 0.147 e. The summed E-state index contributed by atoms with van der Waals surface area (Å²) in [6, 6.07) is 21.6. The van der Waals surface area contributed by atoms with E-state index >= 15 is 0 Å². The molecule has 5 rings (SSSR count). The standard InChI is InChI=1S/C26H26N4/c1-19-7-10-24(15-20(19)2)29-11-13-30(14-12-29)26-18-27-17-25(28-26)23-9-8-21-5-3-4-6-22(21)16-23/h3-10,15-18H,11-14H2,1-2H3. The Balaban J connectivity index is 1.34. The third kappa shape index (κ3) is 3.61. The minimum absolute atomic E-state index is 0.926. The SMILES string of the molecule is Cc1ccc(N2CCN(c3cncc(-c4ccc5ccccc5c4)n3)CC2)cc1C. The Labute approximate surface area is 177 Å². The van der Waals surface area contributed by atoms with Crippen LogP contribution in [0.4, 0.5) is 11.5 Å². The Hall–Kier alpha value is -3.40. The third-order valence-electron chi connectivity index (χ3n) is 6.13. The van der Waals surface area contributed by atoms with Crippen molar-refractivity contribution in [3.63, 3.8) is 0 Å². The monoisotopic (exact) mass is 394 g/mol. The molecular weight excluding hydrogens is 368 g/mol. The van der Waals surface area contributed by atoms with E-state index in [9.17, 15) is 0 Å². The molecule has 0 bridgehead atoms. The lowest BCUT2D eigenvalue weighted by molar-refractivity contribution is 0.646. The summed E-state index contributed by atoms with van der Waals surface area (Å²) in [5.74, 6) is 0.959. The Morgan fingerprint density at radius 3 is 2.27 bits per heavy atom. The van der Waals surface area contributed by atoms with E-state index in [2.05, 4.69) is 89.3 Å². The predicted octanol–water partition coefficient (Wildman–Crippen LogP) is 5.24. The summed E-state index contributed by atoms with van der Waals surface area (Å²) in [6.45, 7) is 8.22. The maximum atomic E-state index is 4.94. The number of nitrogens with zero attached hydrogens (tertiary/aromatic N) is 4. The first-order chi connectivity index (χ1) is 14.7. The number of hydrogen-bond donors (Lipinski definition) is 0. The van der Waals surface area contributed by atoms with E-state index in [1.165, 1.54) is 27.6 Å². The molecule has 1 aromatic heterocycles. The van der Waals surface area contributed by atoms with Gasteiger partial charge in [-0.25, -0.2) is 4.98 Å². The second kappa shape index (κ2) is 7.79. The summed E-state index contributed by atoms with van der Waals surface area (Å²) in [7, 11) is 0. The van der Waals surface area contributed by atoms with E-state index < -0.39 is 0 Å². The molecule has 0 amide bonds. The summed E-state index contributed by atoms with van der Waals surface area (Å²) in [5, 5.41) is 2.47. The molecule has 0 atom stereocenters. The molecule has 0 N–H and O–H groups in total. The zero-order valence-corrected chi connectivity index (χ0v) is 17.5. The number of anilines is 2. The van der Waals surface area contributed by atoms with Crippen LogP contribution in [0.15, 0.2) is 73.1 Å². The molecule has 1 aliphatic heterocycles. The average Bonchev–Trinajstić information content (AvgIpc) is 2.81. The van der Waals surface area contributed by atoms with Crippen molar-refractivity contribution in [3.05, 3.63) is 84.2 Å². The smallest absolute Gasteiger partial charge is 0.147 e. The normalized spacial score (nSPS) is 14.3. The van der Waals surface area contributed by atoms with Crippen molar-refractivity contribution in [1.29, 1.82) is 0 Å². The van der Waals surface area contributed by atoms with Gasteiger partial charge in [0.05, 0.1) is 18.1 Å². The zero-order chi connectivity index (χ0) is 20.5. The highest BCUT2D eigenvalue weighted by Gasteiger charge is 2.19. The fraction of sp³-hybridized carbons (Fsp3) is 0.231. The average molecular weight is 395 g/mol. The lowest BCUT2D eigenvalue weighted by Crippen LogP contribution is -2.46. The molecule has 0 saturated carbocycles. The van der Waals surface area contributed by atoms with Crippen molar-refractivity contribution in [2.75, 3.05) is 36.0 Å². The van der Waals surface area contributed by atoms with Crippen LogP contribution < -0.4 is 9.80 Å². The summed E-state index contributed by atoms with van der Waals surface area (Å²) in [6.07, 6.45) is 3.75. The van der Waals surface area contributed by atoms with E-state index in [1.807, 2.05) is 12.4 Å². The quantitative estimate of drug-likeness (QED) is 0.476. The first-order valence-corrected chi connectivity index (χ1v) is 10.6. The first-order valence-electron chi connectivity index (χ1n) is 10.6. The molecular formula is C26H26N4. The Kier molecular flexibility index (Phi) is 4.83. The van der Waals surface area contributed by atoms with Crippen LogP contribution in [0, 0.1) is 13.8 Å². The fourth-order valence-corrected chi connectivity index (χ4v) is 4.11. The van der Waals surface area contributed by atoms with Gasteiger partial charge in [-0.05, 0) is 53.9 Å². The van der Waals surface area contributed by atoms with Gasteiger partial charge in [0.1, 0.15) is 5.82 Å².